The van der Waals surface area contributed by atoms with Gasteiger partial charge in [0.1, 0.15) is 5.76 Å². The molecule has 0 fully saturated rings. The van der Waals surface area contributed by atoms with Crippen LogP contribution < -0.4 is 10.7 Å². The highest BCUT2D eigenvalue weighted by Crippen LogP contribution is 2.15. The summed E-state index contributed by atoms with van der Waals surface area (Å²) in [6.07, 6.45) is 1.53. The van der Waals surface area contributed by atoms with Crippen molar-refractivity contribution >= 4 is 16.8 Å². The van der Waals surface area contributed by atoms with Crippen LogP contribution in [-0.4, -0.2) is 15.7 Å². The van der Waals surface area contributed by atoms with E-state index in [1.54, 1.807) is 35.0 Å². The number of fused-ring (bicyclic) bond motifs is 1. The average Bonchev–Trinajstić information content (AvgIpc) is 3.21. The first-order chi connectivity index (χ1) is 12.7. The molecule has 0 aliphatic heterocycles. The monoisotopic (exact) mass is 345 g/mol. The first-order valence-corrected chi connectivity index (χ1v) is 8.12. The molecule has 0 saturated heterocycles. The predicted octanol–water partition coefficient (Wildman–Crippen LogP) is 2.91. The first-order valence-electron chi connectivity index (χ1n) is 8.12. The number of carbonyl (C=O) groups is 1. The van der Waals surface area contributed by atoms with Gasteiger partial charge in [0.2, 0.25) is 5.43 Å². The first kappa shape index (κ1) is 15.8. The molecule has 4 rings (SSSR count). The maximum atomic E-state index is 12.8. The third kappa shape index (κ3) is 2.88. The second-order valence-corrected chi connectivity index (χ2v) is 5.70. The normalized spacial score (nSPS) is 10.8. The van der Waals surface area contributed by atoms with Crippen LogP contribution in [0.2, 0.25) is 0 Å². The van der Waals surface area contributed by atoms with Gasteiger partial charge in [0.05, 0.1) is 29.4 Å². The Morgan fingerprint density at radius 2 is 1.77 bits per heavy atom. The summed E-state index contributed by atoms with van der Waals surface area (Å²) in [5, 5.41) is 7.45. The minimum absolute atomic E-state index is 0.154. The molecule has 128 valence electrons. The molecule has 1 N–H and O–H groups in total. The molecule has 2 aromatic carbocycles. The number of rotatable bonds is 4. The van der Waals surface area contributed by atoms with E-state index in [4.69, 9.17) is 4.42 Å². The molecule has 0 bridgehead atoms. The Kier molecular flexibility index (Phi) is 4.07. The maximum absolute atomic E-state index is 12.8. The van der Waals surface area contributed by atoms with Crippen molar-refractivity contribution < 1.29 is 9.21 Å². The lowest BCUT2D eigenvalue weighted by atomic mass is 10.2. The van der Waals surface area contributed by atoms with Gasteiger partial charge in [-0.1, -0.05) is 30.3 Å². The SMILES string of the molecule is O=C(NCc1ccco1)c1nn(-c2ccccc2)c2ccccc2c1=O. The van der Waals surface area contributed by atoms with Crippen molar-refractivity contribution in [2.45, 2.75) is 6.54 Å². The zero-order valence-corrected chi connectivity index (χ0v) is 13.8. The number of benzene rings is 2. The fraction of sp³-hybridized carbons (Fsp3) is 0.0500. The van der Waals surface area contributed by atoms with Crippen molar-refractivity contribution in [3.63, 3.8) is 0 Å². The summed E-state index contributed by atoms with van der Waals surface area (Å²) in [7, 11) is 0. The number of hydrogen-bond acceptors (Lipinski definition) is 4. The van der Waals surface area contributed by atoms with Crippen LogP contribution in [-0.2, 0) is 6.54 Å². The summed E-state index contributed by atoms with van der Waals surface area (Å²) >= 11 is 0. The number of furan rings is 1. The van der Waals surface area contributed by atoms with Crippen LogP contribution in [0.5, 0.6) is 0 Å². The lowest BCUT2D eigenvalue weighted by Crippen LogP contribution is -2.31. The summed E-state index contributed by atoms with van der Waals surface area (Å²) in [6, 6.07) is 20.0. The van der Waals surface area contributed by atoms with E-state index in [-0.39, 0.29) is 12.2 Å². The van der Waals surface area contributed by atoms with Crippen molar-refractivity contribution in [2.24, 2.45) is 0 Å². The fourth-order valence-electron chi connectivity index (χ4n) is 2.76. The van der Waals surface area contributed by atoms with Crippen LogP contribution in [0.4, 0.5) is 0 Å². The molecule has 4 aromatic rings. The van der Waals surface area contributed by atoms with E-state index >= 15 is 0 Å². The van der Waals surface area contributed by atoms with E-state index < -0.39 is 11.3 Å². The number of carbonyl (C=O) groups excluding carboxylic acids is 1. The topological polar surface area (TPSA) is 77.1 Å². The third-order valence-corrected chi connectivity index (χ3v) is 4.01. The van der Waals surface area contributed by atoms with E-state index in [0.717, 1.165) is 5.69 Å². The second kappa shape index (κ2) is 6.68. The van der Waals surface area contributed by atoms with Crippen LogP contribution in [0, 0.1) is 0 Å². The largest absolute Gasteiger partial charge is 0.467 e. The summed E-state index contributed by atoms with van der Waals surface area (Å²) in [6.45, 7) is 0.186. The van der Waals surface area contributed by atoms with E-state index in [9.17, 15) is 9.59 Å². The number of hydrogen-bond donors (Lipinski definition) is 1. The summed E-state index contributed by atoms with van der Waals surface area (Å²) in [5.41, 5.74) is 0.860. The van der Waals surface area contributed by atoms with Gasteiger partial charge >= 0.3 is 0 Å². The van der Waals surface area contributed by atoms with Gasteiger partial charge in [0.25, 0.3) is 5.91 Å². The Labute approximate surface area is 148 Å². The zero-order valence-electron chi connectivity index (χ0n) is 13.8. The molecule has 2 heterocycles. The zero-order chi connectivity index (χ0) is 17.9. The van der Waals surface area contributed by atoms with E-state index in [1.165, 1.54) is 6.26 Å². The van der Waals surface area contributed by atoms with Crippen LogP contribution in [0.25, 0.3) is 16.6 Å². The Morgan fingerprint density at radius 1 is 1.00 bits per heavy atom. The van der Waals surface area contributed by atoms with Gasteiger partial charge in [0, 0.05) is 0 Å². The molecule has 0 aliphatic rings. The highest BCUT2D eigenvalue weighted by Gasteiger charge is 2.18. The van der Waals surface area contributed by atoms with Crippen molar-refractivity contribution in [1.82, 2.24) is 15.1 Å². The molecule has 1 amide bonds. The molecule has 0 spiro atoms. The molecule has 6 heteroatoms. The number of nitrogens with one attached hydrogen (secondary N) is 1. The molecule has 2 aromatic heterocycles. The van der Waals surface area contributed by atoms with Crippen LogP contribution >= 0.6 is 0 Å². The van der Waals surface area contributed by atoms with Crippen molar-refractivity contribution in [3.8, 4) is 5.69 Å². The van der Waals surface area contributed by atoms with Crippen molar-refractivity contribution in [3.05, 3.63) is 94.7 Å². The number of amides is 1. The Hall–Kier alpha value is -3.67. The Morgan fingerprint density at radius 3 is 2.54 bits per heavy atom. The summed E-state index contributed by atoms with van der Waals surface area (Å²) in [4.78, 5) is 25.3. The van der Waals surface area contributed by atoms with Gasteiger partial charge in [0.15, 0.2) is 5.69 Å². The van der Waals surface area contributed by atoms with E-state index in [1.807, 2.05) is 36.4 Å². The number of para-hydroxylation sites is 2. The highest BCUT2D eigenvalue weighted by atomic mass is 16.3. The van der Waals surface area contributed by atoms with Crippen LogP contribution in [0.1, 0.15) is 16.2 Å². The van der Waals surface area contributed by atoms with Crippen LogP contribution in [0.3, 0.4) is 0 Å². The second-order valence-electron chi connectivity index (χ2n) is 5.70. The molecular weight excluding hydrogens is 330 g/mol. The lowest BCUT2D eigenvalue weighted by molar-refractivity contribution is 0.0940. The molecule has 0 atom stereocenters. The molecule has 26 heavy (non-hydrogen) atoms. The van der Waals surface area contributed by atoms with Gasteiger partial charge in [-0.3, -0.25) is 9.59 Å². The van der Waals surface area contributed by atoms with Crippen molar-refractivity contribution in [1.29, 1.82) is 0 Å². The maximum Gasteiger partial charge on any atom is 0.276 e. The van der Waals surface area contributed by atoms with Crippen molar-refractivity contribution in [2.75, 3.05) is 0 Å². The minimum atomic E-state index is -0.540. The van der Waals surface area contributed by atoms with Gasteiger partial charge in [-0.05, 0) is 36.4 Å². The molecule has 0 unspecified atom stereocenters. The standard InChI is InChI=1S/C20H15N3O3/c24-19-16-10-4-5-11-17(16)23(14-7-2-1-3-8-14)22-18(19)20(25)21-13-15-9-6-12-26-15/h1-12H,13H2,(H,21,25). The van der Waals surface area contributed by atoms with E-state index in [2.05, 4.69) is 10.4 Å². The quantitative estimate of drug-likeness (QED) is 0.617. The Bertz CT molecular complexity index is 1120. The highest BCUT2D eigenvalue weighted by molar-refractivity contribution is 5.95. The predicted molar refractivity (Wildman–Crippen MR) is 97.2 cm³/mol. The lowest BCUT2D eigenvalue weighted by Gasteiger charge is -2.12. The van der Waals surface area contributed by atoms with Gasteiger partial charge < -0.3 is 9.73 Å². The molecule has 6 nitrogen and oxygen atoms in total. The Balaban J connectivity index is 1.81. The average molecular weight is 345 g/mol. The summed E-state index contributed by atoms with van der Waals surface area (Å²) in [5.74, 6) is 0.0596. The molecular formula is C20H15N3O3. The molecule has 0 saturated carbocycles. The minimum Gasteiger partial charge on any atom is -0.467 e. The number of nitrogens with zero attached hydrogens (tertiary/aromatic N) is 2. The summed E-state index contributed by atoms with van der Waals surface area (Å²) < 4.78 is 6.80. The fourth-order valence-corrected chi connectivity index (χ4v) is 2.76. The molecule has 0 aliphatic carbocycles. The third-order valence-electron chi connectivity index (χ3n) is 4.01. The van der Waals surface area contributed by atoms with Gasteiger partial charge in [-0.25, -0.2) is 4.68 Å². The number of aromatic nitrogens is 2. The van der Waals surface area contributed by atoms with Crippen LogP contribution in [0.15, 0.2) is 82.2 Å². The van der Waals surface area contributed by atoms with Gasteiger partial charge in [-0.2, -0.15) is 5.10 Å². The smallest absolute Gasteiger partial charge is 0.276 e. The molecule has 0 radical (unpaired) electrons. The van der Waals surface area contributed by atoms with E-state index in [0.29, 0.717) is 16.7 Å². The van der Waals surface area contributed by atoms with Gasteiger partial charge in [-0.15, -0.1) is 0 Å².